The predicted octanol–water partition coefficient (Wildman–Crippen LogP) is 0.245. The van der Waals surface area contributed by atoms with Gasteiger partial charge in [0.15, 0.2) is 21.3 Å². The SMILES string of the molecule is COc1cc2nc(CN3CCN(C4CCS(=O)(=O)C4)CC3)[nH]c(=O)c2cc1OC. The Bertz CT molecular complexity index is 1060. The Labute approximate surface area is 169 Å². The van der Waals surface area contributed by atoms with Crippen molar-refractivity contribution in [3.8, 4) is 11.5 Å². The minimum Gasteiger partial charge on any atom is -0.493 e. The number of hydrogen-bond donors (Lipinski definition) is 1. The van der Waals surface area contributed by atoms with Crippen molar-refractivity contribution in [1.82, 2.24) is 19.8 Å². The predicted molar refractivity (Wildman–Crippen MR) is 109 cm³/mol. The van der Waals surface area contributed by atoms with Crippen molar-refractivity contribution in [3.05, 3.63) is 28.3 Å². The Kier molecular flexibility index (Phi) is 5.50. The first-order valence-corrected chi connectivity index (χ1v) is 11.5. The number of hydrogen-bond acceptors (Lipinski definition) is 8. The molecule has 1 aromatic carbocycles. The van der Waals surface area contributed by atoms with Gasteiger partial charge < -0.3 is 14.5 Å². The van der Waals surface area contributed by atoms with Crippen LogP contribution in [0, 0.1) is 0 Å². The van der Waals surface area contributed by atoms with Crippen LogP contribution in [-0.4, -0.2) is 86.1 Å². The average Bonchev–Trinajstić information content (AvgIpc) is 3.07. The van der Waals surface area contributed by atoms with Crippen LogP contribution >= 0.6 is 0 Å². The van der Waals surface area contributed by atoms with E-state index in [0.717, 1.165) is 32.6 Å². The van der Waals surface area contributed by atoms with Crippen LogP contribution in [0.3, 0.4) is 0 Å². The van der Waals surface area contributed by atoms with Gasteiger partial charge >= 0.3 is 0 Å². The van der Waals surface area contributed by atoms with Crippen LogP contribution < -0.4 is 15.0 Å². The minimum absolute atomic E-state index is 0.142. The lowest BCUT2D eigenvalue weighted by Gasteiger charge is -2.37. The Morgan fingerprint density at radius 1 is 1.14 bits per heavy atom. The van der Waals surface area contributed by atoms with E-state index in [4.69, 9.17) is 9.47 Å². The molecule has 0 aliphatic carbocycles. The first-order chi connectivity index (χ1) is 13.9. The number of aromatic amines is 1. The lowest BCUT2D eigenvalue weighted by atomic mass is 10.2. The number of benzene rings is 1. The van der Waals surface area contributed by atoms with Crippen LogP contribution in [0.15, 0.2) is 16.9 Å². The van der Waals surface area contributed by atoms with E-state index >= 15 is 0 Å². The summed E-state index contributed by atoms with van der Waals surface area (Å²) in [6, 6.07) is 3.49. The first kappa shape index (κ1) is 20.1. The van der Waals surface area contributed by atoms with E-state index in [1.165, 1.54) is 7.11 Å². The summed E-state index contributed by atoms with van der Waals surface area (Å²) in [5, 5.41) is 0.457. The fourth-order valence-electron chi connectivity index (χ4n) is 4.15. The summed E-state index contributed by atoms with van der Waals surface area (Å²) in [4.78, 5) is 24.5. The van der Waals surface area contributed by atoms with Gasteiger partial charge in [0, 0.05) is 38.3 Å². The largest absolute Gasteiger partial charge is 0.493 e. The van der Waals surface area contributed by atoms with Gasteiger partial charge in [-0.1, -0.05) is 0 Å². The normalized spacial score (nSPS) is 22.8. The number of piperazine rings is 1. The number of H-pyrrole nitrogens is 1. The molecule has 1 atom stereocenters. The van der Waals surface area contributed by atoms with Gasteiger partial charge in [0.05, 0.1) is 43.2 Å². The number of aromatic nitrogens is 2. The molecule has 1 unspecified atom stereocenters. The Hall–Kier alpha value is -2.17. The summed E-state index contributed by atoms with van der Waals surface area (Å²) in [5.41, 5.74) is 0.358. The molecular weight excluding hydrogens is 396 g/mol. The van der Waals surface area contributed by atoms with E-state index in [1.807, 2.05) is 0 Å². The molecule has 9 nitrogen and oxygen atoms in total. The number of rotatable bonds is 5. The summed E-state index contributed by atoms with van der Waals surface area (Å²) < 4.78 is 34.0. The number of nitrogens with one attached hydrogen (secondary N) is 1. The first-order valence-electron chi connectivity index (χ1n) is 9.70. The molecule has 0 bridgehead atoms. The molecule has 1 aromatic heterocycles. The molecule has 1 N–H and O–H groups in total. The molecule has 2 saturated heterocycles. The zero-order valence-corrected chi connectivity index (χ0v) is 17.5. The molecule has 29 heavy (non-hydrogen) atoms. The van der Waals surface area contributed by atoms with Gasteiger partial charge in [0.2, 0.25) is 0 Å². The van der Waals surface area contributed by atoms with Crippen LogP contribution in [0.4, 0.5) is 0 Å². The summed E-state index contributed by atoms with van der Waals surface area (Å²) in [5.74, 6) is 2.20. The fourth-order valence-corrected chi connectivity index (χ4v) is 5.91. The van der Waals surface area contributed by atoms with Crippen molar-refractivity contribution in [1.29, 1.82) is 0 Å². The Balaban J connectivity index is 1.45. The van der Waals surface area contributed by atoms with Crippen LogP contribution in [0.2, 0.25) is 0 Å². The molecule has 2 aliphatic rings. The molecule has 2 aromatic rings. The van der Waals surface area contributed by atoms with Crippen molar-refractivity contribution >= 4 is 20.7 Å². The lowest BCUT2D eigenvalue weighted by Crippen LogP contribution is -2.50. The highest BCUT2D eigenvalue weighted by Crippen LogP contribution is 2.30. The van der Waals surface area contributed by atoms with Gasteiger partial charge in [0.25, 0.3) is 5.56 Å². The zero-order chi connectivity index (χ0) is 20.6. The van der Waals surface area contributed by atoms with E-state index < -0.39 is 9.84 Å². The standard InChI is InChI=1S/C19H26N4O5S/c1-27-16-9-14-15(10-17(16)28-2)20-18(21-19(14)24)11-22-4-6-23(7-5-22)13-3-8-29(25,26)12-13/h9-10,13H,3-8,11-12H2,1-2H3,(H,20,21,24). The number of nitrogens with zero attached hydrogens (tertiary/aromatic N) is 3. The van der Waals surface area contributed by atoms with Crippen molar-refractivity contribution in [2.45, 2.75) is 19.0 Å². The molecule has 2 aliphatic heterocycles. The molecule has 0 spiro atoms. The second kappa shape index (κ2) is 7.92. The van der Waals surface area contributed by atoms with E-state index in [-0.39, 0.29) is 17.4 Å². The zero-order valence-electron chi connectivity index (χ0n) is 16.7. The number of methoxy groups -OCH3 is 2. The van der Waals surface area contributed by atoms with Gasteiger partial charge in [-0.2, -0.15) is 0 Å². The number of fused-ring (bicyclic) bond motifs is 1. The third-order valence-corrected chi connectivity index (χ3v) is 7.52. The van der Waals surface area contributed by atoms with Gasteiger partial charge in [0.1, 0.15) is 5.82 Å². The maximum Gasteiger partial charge on any atom is 0.258 e. The molecule has 0 amide bonds. The highest BCUT2D eigenvalue weighted by molar-refractivity contribution is 7.91. The van der Waals surface area contributed by atoms with E-state index in [2.05, 4.69) is 19.8 Å². The second-order valence-corrected chi connectivity index (χ2v) is 9.83. The average molecular weight is 423 g/mol. The smallest absolute Gasteiger partial charge is 0.258 e. The maximum absolute atomic E-state index is 12.5. The fraction of sp³-hybridized carbons (Fsp3) is 0.579. The van der Waals surface area contributed by atoms with Crippen LogP contribution in [0.5, 0.6) is 11.5 Å². The molecule has 2 fully saturated rings. The summed E-state index contributed by atoms with van der Waals surface area (Å²) in [7, 11) is 0.209. The molecule has 158 valence electrons. The van der Waals surface area contributed by atoms with Gasteiger partial charge in [-0.05, 0) is 12.5 Å². The monoisotopic (exact) mass is 422 g/mol. The van der Waals surface area contributed by atoms with Crippen LogP contribution in [-0.2, 0) is 16.4 Å². The summed E-state index contributed by atoms with van der Waals surface area (Å²) in [6.45, 7) is 3.80. The molecule has 4 rings (SSSR count). The van der Waals surface area contributed by atoms with E-state index in [9.17, 15) is 13.2 Å². The Morgan fingerprint density at radius 2 is 1.83 bits per heavy atom. The van der Waals surface area contributed by atoms with Gasteiger partial charge in [-0.25, -0.2) is 13.4 Å². The quantitative estimate of drug-likeness (QED) is 0.731. The highest BCUT2D eigenvalue weighted by Gasteiger charge is 2.33. The van der Waals surface area contributed by atoms with Gasteiger partial charge in [-0.3, -0.25) is 14.6 Å². The maximum atomic E-state index is 12.5. The molecular formula is C19H26N4O5S. The van der Waals surface area contributed by atoms with E-state index in [0.29, 0.717) is 40.5 Å². The van der Waals surface area contributed by atoms with Crippen molar-refractivity contribution < 1.29 is 17.9 Å². The molecule has 3 heterocycles. The van der Waals surface area contributed by atoms with E-state index in [1.54, 1.807) is 19.2 Å². The lowest BCUT2D eigenvalue weighted by molar-refractivity contribution is 0.0984. The van der Waals surface area contributed by atoms with Crippen molar-refractivity contribution in [2.75, 3.05) is 51.9 Å². The molecule has 0 radical (unpaired) electrons. The molecule has 0 saturated carbocycles. The molecule has 10 heteroatoms. The summed E-state index contributed by atoms with van der Waals surface area (Å²) >= 11 is 0. The van der Waals surface area contributed by atoms with Gasteiger partial charge in [-0.15, -0.1) is 0 Å². The topological polar surface area (TPSA) is 105 Å². The van der Waals surface area contributed by atoms with Crippen molar-refractivity contribution in [2.24, 2.45) is 0 Å². The highest BCUT2D eigenvalue weighted by atomic mass is 32.2. The third kappa shape index (κ3) is 4.24. The Morgan fingerprint density at radius 3 is 2.45 bits per heavy atom. The summed E-state index contributed by atoms with van der Waals surface area (Å²) in [6.07, 6.45) is 0.729. The minimum atomic E-state index is -2.87. The van der Waals surface area contributed by atoms with Crippen LogP contribution in [0.1, 0.15) is 12.2 Å². The third-order valence-electron chi connectivity index (χ3n) is 5.76. The van der Waals surface area contributed by atoms with Crippen LogP contribution in [0.25, 0.3) is 10.9 Å². The van der Waals surface area contributed by atoms with Crippen molar-refractivity contribution in [3.63, 3.8) is 0 Å². The number of ether oxygens (including phenoxy) is 2. The second-order valence-electron chi connectivity index (χ2n) is 7.61. The number of sulfone groups is 1.